The molecule has 0 unspecified atom stereocenters. The van der Waals surface area contributed by atoms with Crippen LogP contribution in [0.3, 0.4) is 0 Å². The molecule has 1 aromatic rings. The van der Waals surface area contributed by atoms with E-state index in [2.05, 4.69) is 52.0 Å². The van der Waals surface area contributed by atoms with Crippen molar-refractivity contribution in [2.45, 2.75) is 53.4 Å². The van der Waals surface area contributed by atoms with Gasteiger partial charge in [-0.15, -0.1) is 0 Å². The first-order chi connectivity index (χ1) is 9.00. The van der Waals surface area contributed by atoms with Crippen molar-refractivity contribution in [1.29, 1.82) is 0 Å². The lowest BCUT2D eigenvalue weighted by molar-refractivity contribution is -0.129. The predicted molar refractivity (Wildman–Crippen MR) is 82.1 cm³/mol. The topological polar surface area (TPSA) is 0 Å². The van der Waals surface area contributed by atoms with Crippen LogP contribution in [-0.4, -0.2) is 0 Å². The zero-order valence-corrected chi connectivity index (χ0v) is 12.9. The number of hydrogen-bond acceptors (Lipinski definition) is 0. The van der Waals surface area contributed by atoms with Crippen LogP contribution in [0.2, 0.25) is 0 Å². The fourth-order valence-corrected chi connectivity index (χ4v) is 4.87. The average molecular weight is 256 g/mol. The van der Waals surface area contributed by atoms with Gasteiger partial charge in [-0.05, 0) is 72.8 Å². The number of fused-ring (bicyclic) bond motifs is 2. The van der Waals surface area contributed by atoms with Crippen LogP contribution in [0.5, 0.6) is 0 Å². The van der Waals surface area contributed by atoms with Crippen molar-refractivity contribution in [3.63, 3.8) is 0 Å². The van der Waals surface area contributed by atoms with Crippen molar-refractivity contribution in [2.75, 3.05) is 0 Å². The summed E-state index contributed by atoms with van der Waals surface area (Å²) in [6, 6.07) is 8.90. The molecular formula is C19H28. The molecule has 104 valence electrons. The molecule has 0 N–H and O–H groups in total. The molecule has 4 atom stereocenters. The number of hydrogen-bond donors (Lipinski definition) is 0. The van der Waals surface area contributed by atoms with Crippen LogP contribution >= 0.6 is 0 Å². The van der Waals surface area contributed by atoms with E-state index in [1.54, 1.807) is 5.56 Å². The minimum absolute atomic E-state index is 0.637. The average Bonchev–Trinajstić information content (AvgIpc) is 2.38. The van der Waals surface area contributed by atoms with E-state index in [0.29, 0.717) is 5.41 Å². The van der Waals surface area contributed by atoms with Gasteiger partial charge in [0.2, 0.25) is 0 Å². The highest BCUT2D eigenvalue weighted by atomic mass is 14.6. The Morgan fingerprint density at radius 1 is 1.16 bits per heavy atom. The van der Waals surface area contributed by atoms with E-state index in [1.807, 2.05) is 0 Å². The highest BCUT2D eigenvalue weighted by molar-refractivity contribution is 5.25. The summed E-state index contributed by atoms with van der Waals surface area (Å²) < 4.78 is 0. The summed E-state index contributed by atoms with van der Waals surface area (Å²) in [5.41, 5.74) is 3.67. The lowest BCUT2D eigenvalue weighted by Crippen LogP contribution is -2.54. The van der Waals surface area contributed by atoms with Gasteiger partial charge in [0.25, 0.3) is 0 Å². The number of aryl methyl sites for hydroxylation is 2. The molecule has 3 fully saturated rings. The van der Waals surface area contributed by atoms with Crippen LogP contribution < -0.4 is 0 Å². The van der Waals surface area contributed by atoms with Gasteiger partial charge in [-0.3, -0.25) is 0 Å². The summed E-state index contributed by atoms with van der Waals surface area (Å²) in [4.78, 5) is 0. The van der Waals surface area contributed by atoms with Gasteiger partial charge in [0.15, 0.2) is 0 Å². The quantitative estimate of drug-likeness (QED) is 0.693. The molecule has 0 heterocycles. The summed E-state index contributed by atoms with van der Waals surface area (Å²) in [6.45, 7) is 9.77. The second-order valence-electron chi connectivity index (χ2n) is 7.68. The van der Waals surface area contributed by atoms with Gasteiger partial charge in [0, 0.05) is 0 Å². The van der Waals surface area contributed by atoms with Crippen LogP contribution in [0.1, 0.15) is 51.2 Å². The molecule has 0 saturated heterocycles. The van der Waals surface area contributed by atoms with Gasteiger partial charge in [-0.2, -0.15) is 0 Å². The van der Waals surface area contributed by atoms with Crippen LogP contribution in [0.15, 0.2) is 24.3 Å². The van der Waals surface area contributed by atoms with Crippen molar-refractivity contribution < 1.29 is 0 Å². The molecule has 0 aromatic heterocycles. The van der Waals surface area contributed by atoms with Crippen molar-refractivity contribution in [3.05, 3.63) is 35.4 Å². The summed E-state index contributed by atoms with van der Waals surface area (Å²) >= 11 is 0. The number of rotatable bonds is 3. The van der Waals surface area contributed by atoms with E-state index in [1.165, 1.54) is 31.2 Å². The van der Waals surface area contributed by atoms with Crippen LogP contribution in [0.4, 0.5) is 0 Å². The maximum absolute atomic E-state index is 2.52. The minimum atomic E-state index is 0.637. The van der Waals surface area contributed by atoms with Crippen LogP contribution in [0.25, 0.3) is 0 Å². The summed E-state index contributed by atoms with van der Waals surface area (Å²) in [5, 5.41) is 0. The highest BCUT2D eigenvalue weighted by Crippen LogP contribution is 2.63. The monoisotopic (exact) mass is 256 g/mol. The Labute approximate surface area is 118 Å². The van der Waals surface area contributed by atoms with Gasteiger partial charge in [-0.25, -0.2) is 0 Å². The molecule has 0 nitrogen and oxygen atoms in total. The Bertz CT molecular complexity index is 457. The first-order valence-electron chi connectivity index (χ1n) is 8.04. The third kappa shape index (κ3) is 2.14. The largest absolute Gasteiger partial charge is 0.0620 e. The molecule has 19 heavy (non-hydrogen) atoms. The molecule has 1 aromatic carbocycles. The van der Waals surface area contributed by atoms with Crippen molar-refractivity contribution in [1.82, 2.24) is 0 Å². The van der Waals surface area contributed by atoms with E-state index in [9.17, 15) is 0 Å². The van der Waals surface area contributed by atoms with E-state index in [0.717, 1.165) is 23.7 Å². The van der Waals surface area contributed by atoms with Crippen LogP contribution in [0, 0.1) is 36.0 Å². The molecule has 0 aliphatic heterocycles. The van der Waals surface area contributed by atoms with Gasteiger partial charge in [-0.1, -0.05) is 45.0 Å². The maximum Gasteiger partial charge on any atom is -0.0274 e. The standard InChI is InChI=1S/C19H28/c1-13-7-5-6-8-15(13)9-10-16-11-17-12-18(14(16)2)19(17,3)4/h5-8,14,16-18H,9-12H2,1-4H3/t14-,16+,17+,18+/m1/s1. The van der Waals surface area contributed by atoms with E-state index >= 15 is 0 Å². The molecule has 3 aliphatic carbocycles. The summed E-state index contributed by atoms with van der Waals surface area (Å²) in [6.07, 6.45) is 5.67. The van der Waals surface area contributed by atoms with E-state index < -0.39 is 0 Å². The molecule has 0 amide bonds. The fourth-order valence-electron chi connectivity index (χ4n) is 4.87. The fraction of sp³-hybridized carbons (Fsp3) is 0.684. The highest BCUT2D eigenvalue weighted by Gasteiger charge is 2.55. The van der Waals surface area contributed by atoms with Gasteiger partial charge >= 0.3 is 0 Å². The zero-order chi connectivity index (χ0) is 13.6. The Morgan fingerprint density at radius 2 is 1.89 bits per heavy atom. The van der Waals surface area contributed by atoms with E-state index in [-0.39, 0.29) is 0 Å². The maximum atomic E-state index is 2.52. The SMILES string of the molecule is Cc1ccccc1CC[C@H]1C[C@H]2C[C@@H]([C@@H]1C)C2(C)C. The normalized spacial score (nSPS) is 35.8. The van der Waals surface area contributed by atoms with Crippen LogP contribution in [-0.2, 0) is 6.42 Å². The Kier molecular flexibility index (Phi) is 3.23. The molecule has 3 aliphatic rings. The minimum Gasteiger partial charge on any atom is -0.0620 e. The second kappa shape index (κ2) is 4.65. The zero-order valence-electron chi connectivity index (χ0n) is 12.9. The van der Waals surface area contributed by atoms with Gasteiger partial charge < -0.3 is 0 Å². The van der Waals surface area contributed by atoms with Crippen molar-refractivity contribution >= 4 is 0 Å². The van der Waals surface area contributed by atoms with Gasteiger partial charge in [0.1, 0.15) is 0 Å². The molecule has 0 heteroatoms. The summed E-state index contributed by atoms with van der Waals surface area (Å²) in [5.74, 6) is 3.91. The Hall–Kier alpha value is -0.780. The third-order valence-electron chi connectivity index (χ3n) is 6.56. The van der Waals surface area contributed by atoms with Gasteiger partial charge in [0.05, 0.1) is 0 Å². The first kappa shape index (κ1) is 13.2. The molecule has 0 spiro atoms. The Morgan fingerprint density at radius 3 is 2.53 bits per heavy atom. The summed E-state index contributed by atoms with van der Waals surface area (Å²) in [7, 11) is 0. The molecule has 2 bridgehead atoms. The second-order valence-corrected chi connectivity index (χ2v) is 7.68. The van der Waals surface area contributed by atoms with Crippen molar-refractivity contribution in [2.24, 2.45) is 29.1 Å². The number of benzene rings is 1. The Balaban J connectivity index is 1.62. The predicted octanol–water partition coefficient (Wildman–Crippen LogP) is 5.25. The molecule has 3 saturated carbocycles. The van der Waals surface area contributed by atoms with E-state index in [4.69, 9.17) is 0 Å². The first-order valence-corrected chi connectivity index (χ1v) is 8.04. The lowest BCUT2D eigenvalue weighted by atomic mass is 9.43. The molecular weight excluding hydrogens is 228 g/mol. The van der Waals surface area contributed by atoms with Crippen molar-refractivity contribution in [3.8, 4) is 0 Å². The molecule has 4 rings (SSSR count). The third-order valence-corrected chi connectivity index (χ3v) is 6.56. The smallest absolute Gasteiger partial charge is 0.0274 e. The molecule has 0 radical (unpaired) electrons. The lowest BCUT2D eigenvalue weighted by Gasteiger charge is -2.62.